The highest BCUT2D eigenvalue weighted by Gasteiger charge is 2.41. The van der Waals surface area contributed by atoms with Gasteiger partial charge in [-0.1, -0.05) is 12.1 Å². The average molecular weight is 434 g/mol. The number of halogens is 1. The van der Waals surface area contributed by atoms with Gasteiger partial charge in [0.1, 0.15) is 17.3 Å². The van der Waals surface area contributed by atoms with E-state index in [0.29, 0.717) is 40.5 Å². The molecular weight excluding hydrogens is 411 g/mol. The first kappa shape index (κ1) is 21.4. The summed E-state index contributed by atoms with van der Waals surface area (Å²) >= 11 is 0. The van der Waals surface area contributed by atoms with E-state index in [2.05, 4.69) is 32.1 Å². The third kappa shape index (κ3) is 3.66. The van der Waals surface area contributed by atoms with Gasteiger partial charge in [-0.25, -0.2) is 19.0 Å². The van der Waals surface area contributed by atoms with Crippen molar-refractivity contribution < 1.29 is 13.9 Å². The Hall–Kier alpha value is -3.88. The van der Waals surface area contributed by atoms with E-state index in [1.165, 1.54) is 6.07 Å². The Balaban J connectivity index is 1.79. The molecule has 0 bridgehead atoms. The zero-order chi connectivity index (χ0) is 23.0. The fourth-order valence-electron chi connectivity index (χ4n) is 3.62. The molecule has 1 aliphatic rings. The van der Waals surface area contributed by atoms with Crippen LogP contribution in [0, 0.1) is 11.2 Å². The lowest BCUT2D eigenvalue weighted by atomic mass is 9.91. The number of methoxy groups -OCH3 is 1. The molecule has 0 saturated carbocycles. The van der Waals surface area contributed by atoms with Crippen LogP contribution >= 0.6 is 0 Å². The van der Waals surface area contributed by atoms with Gasteiger partial charge in [0.25, 0.3) is 0 Å². The van der Waals surface area contributed by atoms with Crippen LogP contribution in [0.2, 0.25) is 0 Å². The lowest BCUT2D eigenvalue weighted by molar-refractivity contribution is -0.125. The molecule has 1 N–H and O–H groups in total. The van der Waals surface area contributed by atoms with Crippen molar-refractivity contribution in [2.75, 3.05) is 7.11 Å². The fraction of sp³-hybridized carbons (Fsp3) is 0.261. The number of carbonyl (C=O) groups is 1. The summed E-state index contributed by atoms with van der Waals surface area (Å²) in [6.45, 7) is 9.25. The van der Waals surface area contributed by atoms with Gasteiger partial charge in [0, 0.05) is 0 Å². The number of carbonyl (C=O) groups excluding carboxylic acids is 1. The first-order chi connectivity index (χ1) is 15.2. The van der Waals surface area contributed by atoms with Gasteiger partial charge in [-0.05, 0) is 51.3 Å². The number of benzene rings is 1. The van der Waals surface area contributed by atoms with E-state index in [-0.39, 0.29) is 5.91 Å². The van der Waals surface area contributed by atoms with Gasteiger partial charge >= 0.3 is 0 Å². The number of rotatable bonds is 6. The summed E-state index contributed by atoms with van der Waals surface area (Å²) in [4.78, 5) is 25.1. The Morgan fingerprint density at radius 2 is 2.03 bits per heavy atom. The number of aliphatic imine (C=N–C) groups is 2. The first-order valence-electron chi connectivity index (χ1n) is 9.98. The molecule has 0 radical (unpaired) electrons. The summed E-state index contributed by atoms with van der Waals surface area (Å²) in [5.41, 5.74) is 2.07. The summed E-state index contributed by atoms with van der Waals surface area (Å²) < 4.78 is 20.9. The number of hydrogen-bond donors (Lipinski definition) is 1. The third-order valence-corrected chi connectivity index (χ3v) is 5.44. The van der Waals surface area contributed by atoms with E-state index in [0.717, 1.165) is 17.5 Å². The van der Waals surface area contributed by atoms with Gasteiger partial charge in [0.15, 0.2) is 11.5 Å². The molecule has 0 aliphatic carbocycles. The summed E-state index contributed by atoms with van der Waals surface area (Å²) in [5, 5.41) is 7.93. The van der Waals surface area contributed by atoms with E-state index in [1.54, 1.807) is 32.6 Å². The van der Waals surface area contributed by atoms with E-state index in [9.17, 15) is 9.18 Å². The molecule has 9 heteroatoms. The molecule has 0 atom stereocenters. The molecule has 1 aromatic carbocycles. The monoisotopic (exact) mass is 434 g/mol. The van der Waals surface area contributed by atoms with E-state index in [1.807, 2.05) is 24.3 Å². The summed E-state index contributed by atoms with van der Waals surface area (Å²) in [5.74, 6) is 0.381. The van der Waals surface area contributed by atoms with Crippen LogP contribution < -0.4 is 10.1 Å². The van der Waals surface area contributed by atoms with Crippen LogP contribution in [-0.4, -0.2) is 40.2 Å². The largest absolute Gasteiger partial charge is 0.497 e. The maximum Gasteiger partial charge on any atom is 0.237 e. The van der Waals surface area contributed by atoms with Crippen molar-refractivity contribution in [3.8, 4) is 5.75 Å². The zero-order valence-electron chi connectivity index (χ0n) is 18.3. The average Bonchev–Trinajstić information content (AvgIpc) is 3.21. The third-order valence-electron chi connectivity index (χ3n) is 5.44. The smallest absolute Gasteiger partial charge is 0.237 e. The van der Waals surface area contributed by atoms with Gasteiger partial charge in [-0.3, -0.25) is 9.79 Å². The maximum atomic E-state index is 14.0. The normalized spacial score (nSPS) is 15.9. The van der Waals surface area contributed by atoms with Crippen molar-refractivity contribution in [3.05, 3.63) is 65.1 Å². The number of aromatic nitrogens is 3. The highest BCUT2D eigenvalue weighted by molar-refractivity contribution is 6.08. The number of nitrogens with zero attached hydrogens (tertiary/aromatic N) is 5. The van der Waals surface area contributed by atoms with Crippen molar-refractivity contribution in [1.82, 2.24) is 20.1 Å². The van der Waals surface area contributed by atoms with Crippen LogP contribution in [0.1, 0.15) is 32.0 Å². The van der Waals surface area contributed by atoms with E-state index in [4.69, 9.17) is 4.74 Å². The molecule has 32 heavy (non-hydrogen) atoms. The van der Waals surface area contributed by atoms with Crippen molar-refractivity contribution in [3.63, 3.8) is 0 Å². The van der Waals surface area contributed by atoms with Crippen molar-refractivity contribution in [2.45, 2.75) is 27.3 Å². The molecule has 8 nitrogen and oxygen atoms in total. The molecule has 3 heterocycles. The molecule has 1 amide bonds. The molecule has 164 valence electrons. The highest BCUT2D eigenvalue weighted by Crippen LogP contribution is 2.35. The Labute approximate surface area is 184 Å². The van der Waals surface area contributed by atoms with Gasteiger partial charge in [0.05, 0.1) is 42.1 Å². The van der Waals surface area contributed by atoms with Crippen LogP contribution in [0.5, 0.6) is 5.75 Å². The number of ether oxygens (including phenoxy) is 1. The molecule has 0 saturated heterocycles. The minimum atomic E-state index is -0.843. The number of amides is 1. The Morgan fingerprint density at radius 3 is 2.69 bits per heavy atom. The van der Waals surface area contributed by atoms with Crippen LogP contribution in [0.3, 0.4) is 0 Å². The SMILES string of the molecule is C=NC1=C(/N=C(\C)c2nn(Cc3ccc(OC)cc3)c3ncc(F)cc23)NC(=O)C1(C)C. The van der Waals surface area contributed by atoms with Crippen LogP contribution in [-0.2, 0) is 11.3 Å². The molecule has 3 aromatic rings. The predicted molar refractivity (Wildman–Crippen MR) is 120 cm³/mol. The van der Waals surface area contributed by atoms with E-state index >= 15 is 0 Å². The van der Waals surface area contributed by atoms with Crippen LogP contribution in [0.4, 0.5) is 4.39 Å². The topological polar surface area (TPSA) is 93.8 Å². The number of fused-ring (bicyclic) bond motifs is 1. The van der Waals surface area contributed by atoms with Crippen LogP contribution in [0.15, 0.2) is 58.0 Å². The highest BCUT2D eigenvalue weighted by atomic mass is 19.1. The lowest BCUT2D eigenvalue weighted by Crippen LogP contribution is -2.28. The molecule has 1 aliphatic heterocycles. The molecule has 4 rings (SSSR count). The standard InChI is InChI=1S/C23H23FN6O2/c1-13(27-20-19(25-4)23(2,3)22(31)28-20)18-17-10-15(24)11-26-21(17)30(29-18)12-14-6-8-16(32-5)9-7-14/h6-11H,4,12H2,1-3,5H3,(H,28,31)/b27-13+. The van der Waals surface area contributed by atoms with Gasteiger partial charge in [0.2, 0.25) is 5.91 Å². The molecule has 2 aromatic heterocycles. The second kappa shape index (κ2) is 7.99. The predicted octanol–water partition coefficient (Wildman–Crippen LogP) is 3.46. The number of nitrogens with one attached hydrogen (secondary N) is 1. The Morgan fingerprint density at radius 1 is 1.31 bits per heavy atom. The number of hydrogen-bond acceptors (Lipinski definition) is 6. The zero-order valence-corrected chi connectivity index (χ0v) is 18.3. The second-order valence-electron chi connectivity index (χ2n) is 8.01. The molecular formula is C23H23FN6O2. The van der Waals surface area contributed by atoms with Gasteiger partial charge in [-0.2, -0.15) is 5.10 Å². The lowest BCUT2D eigenvalue weighted by Gasteiger charge is -2.14. The van der Waals surface area contributed by atoms with E-state index < -0.39 is 11.2 Å². The molecule has 0 unspecified atom stereocenters. The quantitative estimate of drug-likeness (QED) is 0.601. The van der Waals surface area contributed by atoms with Crippen LogP contribution in [0.25, 0.3) is 11.0 Å². The summed E-state index contributed by atoms with van der Waals surface area (Å²) in [6.07, 6.45) is 1.16. The summed E-state index contributed by atoms with van der Waals surface area (Å²) in [6, 6.07) is 8.97. The maximum absolute atomic E-state index is 14.0. The minimum absolute atomic E-state index is 0.214. The minimum Gasteiger partial charge on any atom is -0.497 e. The van der Waals surface area contributed by atoms with Gasteiger partial charge < -0.3 is 10.1 Å². The fourth-order valence-corrected chi connectivity index (χ4v) is 3.62. The van der Waals surface area contributed by atoms with Crippen molar-refractivity contribution in [1.29, 1.82) is 0 Å². The first-order valence-corrected chi connectivity index (χ1v) is 9.98. The van der Waals surface area contributed by atoms with Crippen molar-refractivity contribution >= 4 is 29.4 Å². The molecule has 0 fully saturated rings. The van der Waals surface area contributed by atoms with Gasteiger partial charge in [-0.15, -0.1) is 0 Å². The summed E-state index contributed by atoms with van der Waals surface area (Å²) in [7, 11) is 1.61. The Kier molecular flexibility index (Phi) is 5.33. The van der Waals surface area contributed by atoms with Crippen molar-refractivity contribution in [2.24, 2.45) is 15.4 Å². The second-order valence-corrected chi connectivity index (χ2v) is 8.01. The molecule has 0 spiro atoms. The Bertz CT molecular complexity index is 1290. The number of pyridine rings is 1.